The van der Waals surface area contributed by atoms with Gasteiger partial charge in [0.1, 0.15) is 5.75 Å². The Morgan fingerprint density at radius 1 is 1.35 bits per heavy atom. The zero-order valence-corrected chi connectivity index (χ0v) is 13.3. The van der Waals surface area contributed by atoms with Crippen molar-refractivity contribution >= 4 is 17.2 Å². The number of rotatable bonds is 5. The van der Waals surface area contributed by atoms with Crippen LogP contribution in [0.25, 0.3) is 11.3 Å². The molecule has 0 bridgehead atoms. The van der Waals surface area contributed by atoms with Gasteiger partial charge in [0.2, 0.25) is 5.91 Å². The van der Waals surface area contributed by atoms with E-state index in [9.17, 15) is 4.79 Å². The number of carbonyl (C=O) groups excluding carboxylic acids is 1. The van der Waals surface area contributed by atoms with Crippen LogP contribution < -0.4 is 10.5 Å². The lowest BCUT2D eigenvalue weighted by Gasteiger charge is -2.08. The van der Waals surface area contributed by atoms with E-state index in [0.717, 1.165) is 21.8 Å². The number of primary amides is 1. The standard InChI is InChI=1S/C17H15N3O2S/c1-22-15-7-12(17(18)21)5-4-11(15)8-16-20-14(10-23-16)13-3-2-6-19-9-13/h2-7,9-10H,8H2,1H3,(H2,18,21). The number of methoxy groups -OCH3 is 1. The summed E-state index contributed by atoms with van der Waals surface area (Å²) in [7, 11) is 1.58. The molecular weight excluding hydrogens is 310 g/mol. The Labute approximate surface area is 137 Å². The van der Waals surface area contributed by atoms with Crippen LogP contribution in [-0.4, -0.2) is 23.0 Å². The Morgan fingerprint density at radius 3 is 2.91 bits per heavy atom. The first kappa shape index (κ1) is 15.2. The number of aromatic nitrogens is 2. The molecule has 2 heterocycles. The molecule has 0 spiro atoms. The van der Waals surface area contributed by atoms with E-state index in [1.165, 1.54) is 0 Å². The van der Waals surface area contributed by atoms with Crippen LogP contribution in [0.2, 0.25) is 0 Å². The highest BCUT2D eigenvalue weighted by Gasteiger charge is 2.11. The molecule has 3 aromatic rings. The summed E-state index contributed by atoms with van der Waals surface area (Å²) in [6.07, 6.45) is 4.16. The molecule has 0 aliphatic rings. The Bertz CT molecular complexity index is 831. The second-order valence-corrected chi connectivity index (χ2v) is 5.88. The third kappa shape index (κ3) is 3.37. The number of pyridine rings is 1. The molecule has 2 aromatic heterocycles. The average molecular weight is 325 g/mol. The van der Waals surface area contributed by atoms with Gasteiger partial charge in [-0.1, -0.05) is 6.07 Å². The second kappa shape index (κ2) is 6.58. The van der Waals surface area contributed by atoms with Crippen LogP contribution in [0.15, 0.2) is 48.1 Å². The lowest BCUT2D eigenvalue weighted by atomic mass is 10.1. The Hall–Kier alpha value is -2.73. The maximum absolute atomic E-state index is 11.2. The smallest absolute Gasteiger partial charge is 0.248 e. The van der Waals surface area contributed by atoms with Gasteiger partial charge in [-0.2, -0.15) is 0 Å². The van der Waals surface area contributed by atoms with E-state index in [-0.39, 0.29) is 0 Å². The maximum atomic E-state index is 11.2. The summed E-state index contributed by atoms with van der Waals surface area (Å²) < 4.78 is 5.36. The van der Waals surface area contributed by atoms with E-state index in [0.29, 0.717) is 17.7 Å². The lowest BCUT2D eigenvalue weighted by Crippen LogP contribution is -2.11. The number of nitrogens with two attached hydrogens (primary N) is 1. The van der Waals surface area contributed by atoms with E-state index in [1.54, 1.807) is 43.0 Å². The molecule has 23 heavy (non-hydrogen) atoms. The fourth-order valence-electron chi connectivity index (χ4n) is 2.25. The third-order valence-electron chi connectivity index (χ3n) is 3.42. The topological polar surface area (TPSA) is 78.1 Å². The first-order valence-corrected chi connectivity index (χ1v) is 7.87. The molecule has 0 atom stereocenters. The molecule has 0 aliphatic carbocycles. The number of carbonyl (C=O) groups is 1. The van der Waals surface area contributed by atoms with Gasteiger partial charge in [-0.3, -0.25) is 9.78 Å². The molecule has 0 saturated heterocycles. The van der Waals surface area contributed by atoms with Gasteiger partial charge in [0.15, 0.2) is 0 Å². The summed E-state index contributed by atoms with van der Waals surface area (Å²) >= 11 is 1.58. The summed E-state index contributed by atoms with van der Waals surface area (Å²) in [4.78, 5) is 20.0. The van der Waals surface area contributed by atoms with Gasteiger partial charge in [0.25, 0.3) is 0 Å². The highest BCUT2D eigenvalue weighted by atomic mass is 32.1. The third-order valence-corrected chi connectivity index (χ3v) is 4.27. The van der Waals surface area contributed by atoms with Crippen LogP contribution >= 0.6 is 11.3 Å². The fraction of sp³-hybridized carbons (Fsp3) is 0.118. The van der Waals surface area contributed by atoms with Gasteiger partial charge < -0.3 is 10.5 Å². The molecule has 0 fully saturated rings. The van der Waals surface area contributed by atoms with Crippen molar-refractivity contribution in [1.82, 2.24) is 9.97 Å². The van der Waals surface area contributed by atoms with E-state index in [1.807, 2.05) is 23.6 Å². The van der Waals surface area contributed by atoms with Gasteiger partial charge in [-0.15, -0.1) is 11.3 Å². The van der Waals surface area contributed by atoms with Gasteiger partial charge in [-0.25, -0.2) is 4.98 Å². The van der Waals surface area contributed by atoms with Crippen LogP contribution in [0, 0.1) is 0 Å². The minimum absolute atomic E-state index is 0.431. The molecule has 3 rings (SSSR count). The van der Waals surface area contributed by atoms with Crippen molar-refractivity contribution in [2.24, 2.45) is 5.73 Å². The SMILES string of the molecule is COc1cc(C(N)=O)ccc1Cc1nc(-c2cccnc2)cs1. The Morgan fingerprint density at radius 2 is 2.22 bits per heavy atom. The van der Waals surface area contributed by atoms with Crippen LogP contribution in [0.4, 0.5) is 0 Å². The van der Waals surface area contributed by atoms with Crippen LogP contribution in [0.1, 0.15) is 20.9 Å². The van der Waals surface area contributed by atoms with E-state index < -0.39 is 5.91 Å². The fourth-order valence-corrected chi connectivity index (χ4v) is 3.07. The summed E-state index contributed by atoms with van der Waals surface area (Å²) in [6.45, 7) is 0. The number of nitrogens with zero attached hydrogens (tertiary/aromatic N) is 2. The molecule has 0 aliphatic heterocycles. The van der Waals surface area contributed by atoms with Crippen LogP contribution in [0.3, 0.4) is 0 Å². The highest BCUT2D eigenvalue weighted by molar-refractivity contribution is 7.10. The second-order valence-electron chi connectivity index (χ2n) is 4.94. The molecule has 5 nitrogen and oxygen atoms in total. The maximum Gasteiger partial charge on any atom is 0.248 e. The minimum atomic E-state index is -0.469. The zero-order chi connectivity index (χ0) is 16.2. The van der Waals surface area contributed by atoms with Crippen LogP contribution in [0.5, 0.6) is 5.75 Å². The monoisotopic (exact) mass is 325 g/mol. The van der Waals surface area contributed by atoms with Crippen molar-refractivity contribution in [2.45, 2.75) is 6.42 Å². The molecule has 6 heteroatoms. The van der Waals surface area contributed by atoms with Gasteiger partial charge in [-0.05, 0) is 24.3 Å². The summed E-state index contributed by atoms with van der Waals surface area (Å²) in [6, 6.07) is 9.08. The van der Waals surface area contributed by atoms with Gasteiger partial charge in [0, 0.05) is 40.9 Å². The van der Waals surface area contributed by atoms with Crippen molar-refractivity contribution in [3.63, 3.8) is 0 Å². The first-order valence-electron chi connectivity index (χ1n) is 6.99. The number of ether oxygens (including phenoxy) is 1. The molecule has 1 amide bonds. The Kier molecular flexibility index (Phi) is 4.34. The molecule has 2 N–H and O–H groups in total. The highest BCUT2D eigenvalue weighted by Crippen LogP contribution is 2.27. The molecule has 116 valence electrons. The average Bonchev–Trinajstić information content (AvgIpc) is 3.04. The van der Waals surface area contributed by atoms with Crippen molar-refractivity contribution in [1.29, 1.82) is 0 Å². The van der Waals surface area contributed by atoms with E-state index >= 15 is 0 Å². The minimum Gasteiger partial charge on any atom is -0.496 e. The van der Waals surface area contributed by atoms with E-state index in [4.69, 9.17) is 10.5 Å². The van der Waals surface area contributed by atoms with Crippen LogP contribution in [-0.2, 0) is 6.42 Å². The molecule has 1 aromatic carbocycles. The number of thiazole rings is 1. The normalized spacial score (nSPS) is 10.5. The molecular formula is C17H15N3O2S. The summed E-state index contributed by atoms with van der Waals surface area (Å²) in [5.74, 6) is 0.169. The predicted octanol–water partition coefficient (Wildman–Crippen LogP) is 2.90. The number of hydrogen-bond acceptors (Lipinski definition) is 5. The van der Waals surface area contributed by atoms with Crippen molar-refractivity contribution in [3.8, 4) is 17.0 Å². The van der Waals surface area contributed by atoms with Crippen molar-refractivity contribution in [2.75, 3.05) is 7.11 Å². The first-order chi connectivity index (χ1) is 11.2. The summed E-state index contributed by atoms with van der Waals surface area (Å²) in [5.41, 5.74) is 8.59. The lowest BCUT2D eigenvalue weighted by molar-refractivity contribution is 0.1000. The van der Waals surface area contributed by atoms with E-state index in [2.05, 4.69) is 9.97 Å². The summed E-state index contributed by atoms with van der Waals surface area (Å²) in [5, 5.41) is 2.98. The predicted molar refractivity (Wildman–Crippen MR) is 89.7 cm³/mol. The van der Waals surface area contributed by atoms with Crippen molar-refractivity contribution in [3.05, 3.63) is 64.2 Å². The van der Waals surface area contributed by atoms with Gasteiger partial charge in [0.05, 0.1) is 17.8 Å². The molecule has 0 unspecified atom stereocenters. The van der Waals surface area contributed by atoms with Gasteiger partial charge >= 0.3 is 0 Å². The largest absolute Gasteiger partial charge is 0.496 e. The number of amides is 1. The number of hydrogen-bond donors (Lipinski definition) is 1. The zero-order valence-electron chi connectivity index (χ0n) is 12.5. The number of benzene rings is 1. The molecule has 0 saturated carbocycles. The Balaban J connectivity index is 1.85. The molecule has 0 radical (unpaired) electrons. The quantitative estimate of drug-likeness (QED) is 0.782. The van der Waals surface area contributed by atoms with Crippen molar-refractivity contribution < 1.29 is 9.53 Å².